The minimum absolute atomic E-state index is 0.759. The third-order valence-electron chi connectivity index (χ3n) is 4.10. The molecule has 102 valence electrons. The third kappa shape index (κ3) is 3.16. The lowest BCUT2D eigenvalue weighted by Crippen LogP contribution is -2.29. The summed E-state index contributed by atoms with van der Waals surface area (Å²) in [5, 5.41) is 3.56. The average Bonchev–Trinajstić information content (AvgIpc) is 3.22. The number of hydrogen-bond acceptors (Lipinski definition) is 3. The van der Waals surface area contributed by atoms with Crippen molar-refractivity contribution in [1.82, 2.24) is 10.3 Å². The highest BCUT2D eigenvalue weighted by molar-refractivity contribution is 5.43. The Balaban J connectivity index is 1.67. The van der Waals surface area contributed by atoms with Crippen molar-refractivity contribution in [2.45, 2.75) is 45.7 Å². The van der Waals surface area contributed by atoms with Gasteiger partial charge >= 0.3 is 0 Å². The van der Waals surface area contributed by atoms with Crippen molar-refractivity contribution in [2.24, 2.45) is 0 Å². The van der Waals surface area contributed by atoms with E-state index in [0.717, 1.165) is 43.6 Å². The number of nitrogens with one attached hydrogen (secondary N) is 1. The van der Waals surface area contributed by atoms with E-state index in [4.69, 9.17) is 4.98 Å². The summed E-state index contributed by atoms with van der Waals surface area (Å²) in [4.78, 5) is 7.14. The molecule has 0 spiro atoms. The highest BCUT2D eigenvalue weighted by atomic mass is 15.2. The van der Waals surface area contributed by atoms with Crippen LogP contribution in [0.3, 0.4) is 0 Å². The fourth-order valence-corrected chi connectivity index (χ4v) is 2.46. The van der Waals surface area contributed by atoms with Crippen LogP contribution >= 0.6 is 0 Å². The van der Waals surface area contributed by atoms with E-state index in [0.29, 0.717) is 0 Å². The first-order valence-corrected chi connectivity index (χ1v) is 7.33. The molecule has 1 aliphatic carbocycles. The summed E-state index contributed by atoms with van der Waals surface area (Å²) in [7, 11) is 0. The van der Waals surface area contributed by atoms with Crippen LogP contribution in [0.15, 0.2) is 23.8 Å². The van der Waals surface area contributed by atoms with Crippen molar-refractivity contribution in [3.8, 4) is 0 Å². The Morgan fingerprint density at radius 3 is 2.79 bits per heavy atom. The van der Waals surface area contributed by atoms with Gasteiger partial charge in [0, 0.05) is 31.4 Å². The second-order valence-corrected chi connectivity index (χ2v) is 5.82. The molecule has 3 nitrogen and oxygen atoms in total. The van der Waals surface area contributed by atoms with Crippen LogP contribution < -0.4 is 10.2 Å². The molecule has 3 rings (SSSR count). The molecule has 1 N–H and O–H groups in total. The Labute approximate surface area is 115 Å². The zero-order valence-electron chi connectivity index (χ0n) is 11.9. The van der Waals surface area contributed by atoms with Gasteiger partial charge in [-0.1, -0.05) is 17.7 Å². The second kappa shape index (κ2) is 5.33. The summed E-state index contributed by atoms with van der Waals surface area (Å²) in [6, 6.07) is 5.16. The molecule has 19 heavy (non-hydrogen) atoms. The SMILES string of the molecule is CC1=CCN(c2ccc(CNC3CC3)c(C)n2)CC1. The molecule has 2 heterocycles. The van der Waals surface area contributed by atoms with Crippen LogP contribution in [0.2, 0.25) is 0 Å². The first-order chi connectivity index (χ1) is 9.22. The Morgan fingerprint density at radius 1 is 1.32 bits per heavy atom. The van der Waals surface area contributed by atoms with Crippen LogP contribution in [-0.2, 0) is 6.54 Å². The first kappa shape index (κ1) is 12.7. The number of rotatable bonds is 4. The van der Waals surface area contributed by atoms with Gasteiger partial charge in [-0.15, -0.1) is 0 Å². The van der Waals surface area contributed by atoms with Crippen LogP contribution in [-0.4, -0.2) is 24.1 Å². The average molecular weight is 257 g/mol. The molecule has 1 fully saturated rings. The Kier molecular flexibility index (Phi) is 3.56. The van der Waals surface area contributed by atoms with Gasteiger partial charge in [-0.2, -0.15) is 0 Å². The molecular formula is C16H23N3. The van der Waals surface area contributed by atoms with E-state index in [1.165, 1.54) is 24.0 Å². The molecule has 0 amide bonds. The number of aryl methyl sites for hydroxylation is 1. The summed E-state index contributed by atoms with van der Waals surface area (Å²) >= 11 is 0. The van der Waals surface area contributed by atoms with E-state index >= 15 is 0 Å². The molecule has 3 heteroatoms. The van der Waals surface area contributed by atoms with E-state index in [9.17, 15) is 0 Å². The number of pyridine rings is 1. The van der Waals surface area contributed by atoms with Crippen LogP contribution in [0, 0.1) is 6.92 Å². The molecule has 0 saturated heterocycles. The number of anilines is 1. The standard InChI is InChI=1S/C16H23N3/c1-12-7-9-19(10-8-12)16-6-3-14(13(2)18-16)11-17-15-4-5-15/h3,6-7,15,17H,4-5,8-11H2,1-2H3. The van der Waals surface area contributed by atoms with Gasteiger partial charge in [0.1, 0.15) is 5.82 Å². The summed E-state index contributed by atoms with van der Waals surface area (Å²) in [6.45, 7) is 7.39. The molecule has 0 unspecified atom stereocenters. The fraction of sp³-hybridized carbons (Fsp3) is 0.562. The van der Waals surface area contributed by atoms with Crippen molar-refractivity contribution < 1.29 is 0 Å². The smallest absolute Gasteiger partial charge is 0.129 e. The third-order valence-corrected chi connectivity index (χ3v) is 4.10. The van der Waals surface area contributed by atoms with Gasteiger partial charge in [0.2, 0.25) is 0 Å². The van der Waals surface area contributed by atoms with E-state index in [-0.39, 0.29) is 0 Å². The number of hydrogen-bond donors (Lipinski definition) is 1. The molecule has 1 aliphatic heterocycles. The summed E-state index contributed by atoms with van der Waals surface area (Å²) in [5.74, 6) is 1.12. The lowest BCUT2D eigenvalue weighted by atomic mass is 10.1. The molecule has 1 aromatic rings. The maximum Gasteiger partial charge on any atom is 0.129 e. The molecule has 1 aromatic heterocycles. The monoisotopic (exact) mass is 257 g/mol. The molecule has 0 bridgehead atoms. The van der Waals surface area contributed by atoms with Gasteiger partial charge in [0.05, 0.1) is 0 Å². The maximum atomic E-state index is 4.78. The summed E-state index contributed by atoms with van der Waals surface area (Å²) in [6.07, 6.45) is 6.14. The topological polar surface area (TPSA) is 28.2 Å². The Morgan fingerprint density at radius 2 is 2.16 bits per heavy atom. The maximum absolute atomic E-state index is 4.78. The quantitative estimate of drug-likeness (QED) is 0.841. The van der Waals surface area contributed by atoms with E-state index in [1.807, 2.05) is 0 Å². The zero-order chi connectivity index (χ0) is 13.2. The molecule has 0 aromatic carbocycles. The predicted octanol–water partition coefficient (Wildman–Crippen LogP) is 2.80. The second-order valence-electron chi connectivity index (χ2n) is 5.82. The largest absolute Gasteiger partial charge is 0.353 e. The molecular weight excluding hydrogens is 234 g/mol. The minimum atomic E-state index is 0.759. The van der Waals surface area contributed by atoms with Crippen molar-refractivity contribution in [3.05, 3.63) is 35.0 Å². The molecule has 0 atom stereocenters. The first-order valence-electron chi connectivity index (χ1n) is 7.33. The van der Waals surface area contributed by atoms with Crippen molar-refractivity contribution in [3.63, 3.8) is 0 Å². The minimum Gasteiger partial charge on any atom is -0.353 e. The van der Waals surface area contributed by atoms with Crippen LogP contribution in [0.5, 0.6) is 0 Å². The van der Waals surface area contributed by atoms with E-state index in [2.05, 4.69) is 42.3 Å². The van der Waals surface area contributed by atoms with Crippen molar-refractivity contribution in [1.29, 1.82) is 0 Å². The number of aromatic nitrogens is 1. The summed E-state index contributed by atoms with van der Waals surface area (Å²) in [5.41, 5.74) is 3.99. The van der Waals surface area contributed by atoms with Crippen molar-refractivity contribution >= 4 is 5.82 Å². The number of nitrogens with zero attached hydrogens (tertiary/aromatic N) is 2. The predicted molar refractivity (Wildman–Crippen MR) is 79.4 cm³/mol. The normalized spacial score (nSPS) is 19.5. The van der Waals surface area contributed by atoms with E-state index in [1.54, 1.807) is 0 Å². The zero-order valence-corrected chi connectivity index (χ0v) is 11.9. The van der Waals surface area contributed by atoms with Gasteiger partial charge in [-0.25, -0.2) is 4.98 Å². The highest BCUT2D eigenvalue weighted by Crippen LogP contribution is 2.22. The summed E-state index contributed by atoms with van der Waals surface area (Å²) < 4.78 is 0. The molecule has 0 radical (unpaired) electrons. The van der Waals surface area contributed by atoms with Gasteiger partial charge in [0.15, 0.2) is 0 Å². The fourth-order valence-electron chi connectivity index (χ4n) is 2.46. The van der Waals surface area contributed by atoms with Gasteiger partial charge in [-0.3, -0.25) is 0 Å². The molecule has 1 saturated carbocycles. The van der Waals surface area contributed by atoms with Crippen LogP contribution in [0.1, 0.15) is 37.4 Å². The van der Waals surface area contributed by atoms with Gasteiger partial charge < -0.3 is 10.2 Å². The highest BCUT2D eigenvalue weighted by Gasteiger charge is 2.20. The lowest BCUT2D eigenvalue weighted by molar-refractivity contribution is 0.681. The molecule has 2 aliphatic rings. The Bertz CT molecular complexity index is 489. The van der Waals surface area contributed by atoms with Gasteiger partial charge in [-0.05, 0) is 44.7 Å². The van der Waals surface area contributed by atoms with Crippen molar-refractivity contribution in [2.75, 3.05) is 18.0 Å². The van der Waals surface area contributed by atoms with Crippen LogP contribution in [0.25, 0.3) is 0 Å². The van der Waals surface area contributed by atoms with Crippen LogP contribution in [0.4, 0.5) is 5.82 Å². The lowest BCUT2D eigenvalue weighted by Gasteiger charge is -2.27. The van der Waals surface area contributed by atoms with Gasteiger partial charge in [0.25, 0.3) is 0 Å². The Hall–Kier alpha value is -1.35. The van der Waals surface area contributed by atoms with E-state index < -0.39 is 0 Å².